The van der Waals surface area contributed by atoms with Crippen molar-refractivity contribution in [2.75, 3.05) is 13.6 Å². The van der Waals surface area contributed by atoms with E-state index in [9.17, 15) is 9.59 Å². The summed E-state index contributed by atoms with van der Waals surface area (Å²) < 4.78 is 0. The molecule has 2 fully saturated rings. The molecule has 1 N–H and O–H groups in total. The van der Waals surface area contributed by atoms with Crippen molar-refractivity contribution in [2.24, 2.45) is 5.92 Å². The topological polar surface area (TPSA) is 49.4 Å². The van der Waals surface area contributed by atoms with Gasteiger partial charge in [-0.25, -0.2) is 0 Å². The molecule has 0 aromatic rings. The highest BCUT2D eigenvalue weighted by atomic mass is 16.2. The number of hydrogen-bond donors (Lipinski definition) is 1. The van der Waals surface area contributed by atoms with E-state index < -0.39 is 0 Å². The standard InChI is InChI=1S/C13H22N2O2/c1-15-12(16)9-11(13(15)17)14-8-7-10-5-3-2-4-6-10/h10-11,14H,2-9H2,1H3. The molecule has 0 bridgehead atoms. The first kappa shape index (κ1) is 12.6. The van der Waals surface area contributed by atoms with Gasteiger partial charge in [-0.3, -0.25) is 14.5 Å². The van der Waals surface area contributed by atoms with Gasteiger partial charge < -0.3 is 5.32 Å². The quantitative estimate of drug-likeness (QED) is 0.751. The van der Waals surface area contributed by atoms with Crippen LogP contribution < -0.4 is 5.32 Å². The average Bonchev–Trinajstić information content (AvgIpc) is 2.59. The summed E-state index contributed by atoms with van der Waals surface area (Å²) in [6.07, 6.45) is 8.23. The Bertz CT molecular complexity index is 298. The monoisotopic (exact) mass is 238 g/mol. The Kier molecular flexibility index (Phi) is 4.15. The van der Waals surface area contributed by atoms with Gasteiger partial charge >= 0.3 is 0 Å². The van der Waals surface area contributed by atoms with Crippen molar-refractivity contribution in [2.45, 2.75) is 51.0 Å². The molecule has 1 aliphatic heterocycles. The van der Waals surface area contributed by atoms with Gasteiger partial charge in [0.1, 0.15) is 0 Å². The van der Waals surface area contributed by atoms with Crippen molar-refractivity contribution < 1.29 is 9.59 Å². The minimum atomic E-state index is -0.268. The second-order valence-corrected chi connectivity index (χ2v) is 5.29. The van der Waals surface area contributed by atoms with Gasteiger partial charge in [0.25, 0.3) is 0 Å². The zero-order valence-corrected chi connectivity index (χ0v) is 10.6. The summed E-state index contributed by atoms with van der Waals surface area (Å²) in [7, 11) is 1.56. The van der Waals surface area contributed by atoms with Crippen LogP contribution in [0.3, 0.4) is 0 Å². The summed E-state index contributed by atoms with van der Waals surface area (Å²) in [6, 6.07) is -0.268. The first-order valence-electron chi connectivity index (χ1n) is 6.72. The molecule has 1 unspecified atom stereocenters. The summed E-state index contributed by atoms with van der Waals surface area (Å²) in [5.74, 6) is 0.685. The molecule has 0 aromatic carbocycles. The van der Waals surface area contributed by atoms with Crippen LogP contribution in [0.5, 0.6) is 0 Å². The minimum absolute atomic E-state index is 0.0647. The zero-order valence-electron chi connectivity index (χ0n) is 10.6. The highest BCUT2D eigenvalue weighted by Gasteiger charge is 2.35. The number of nitrogens with zero attached hydrogens (tertiary/aromatic N) is 1. The average molecular weight is 238 g/mol. The van der Waals surface area contributed by atoms with Crippen molar-refractivity contribution in [3.05, 3.63) is 0 Å². The minimum Gasteiger partial charge on any atom is -0.305 e. The summed E-state index contributed by atoms with van der Waals surface area (Å²) in [5, 5.41) is 3.23. The molecule has 4 nitrogen and oxygen atoms in total. The van der Waals surface area contributed by atoms with Gasteiger partial charge in [0.2, 0.25) is 11.8 Å². The third-order valence-corrected chi connectivity index (χ3v) is 4.05. The number of imide groups is 1. The Morgan fingerprint density at radius 1 is 1.24 bits per heavy atom. The molecular formula is C13H22N2O2. The van der Waals surface area contributed by atoms with Gasteiger partial charge in [0.15, 0.2) is 0 Å². The van der Waals surface area contributed by atoms with Crippen molar-refractivity contribution in [3.8, 4) is 0 Å². The van der Waals surface area contributed by atoms with Crippen LogP contribution in [-0.4, -0.2) is 36.3 Å². The van der Waals surface area contributed by atoms with Gasteiger partial charge in [-0.1, -0.05) is 32.1 Å². The largest absolute Gasteiger partial charge is 0.305 e. The van der Waals surface area contributed by atoms with E-state index in [2.05, 4.69) is 5.32 Å². The SMILES string of the molecule is CN1C(=O)CC(NCCC2CCCCC2)C1=O. The van der Waals surface area contributed by atoms with E-state index in [-0.39, 0.29) is 17.9 Å². The maximum absolute atomic E-state index is 11.6. The summed E-state index contributed by atoms with van der Waals surface area (Å²) in [6.45, 7) is 0.863. The van der Waals surface area contributed by atoms with Crippen LogP contribution in [0.4, 0.5) is 0 Å². The van der Waals surface area contributed by atoms with Gasteiger partial charge in [0, 0.05) is 7.05 Å². The van der Waals surface area contributed by atoms with E-state index in [1.807, 2.05) is 0 Å². The molecule has 1 atom stereocenters. The summed E-state index contributed by atoms with van der Waals surface area (Å²) >= 11 is 0. The molecule has 1 saturated carbocycles. The molecule has 1 aliphatic carbocycles. The lowest BCUT2D eigenvalue weighted by Crippen LogP contribution is -2.38. The Labute approximate surface area is 103 Å². The van der Waals surface area contributed by atoms with Crippen LogP contribution in [0.2, 0.25) is 0 Å². The smallest absolute Gasteiger partial charge is 0.246 e. The van der Waals surface area contributed by atoms with Gasteiger partial charge in [-0.2, -0.15) is 0 Å². The number of nitrogens with one attached hydrogen (secondary N) is 1. The third-order valence-electron chi connectivity index (χ3n) is 4.05. The number of amides is 2. The predicted octanol–water partition coefficient (Wildman–Crippen LogP) is 1.30. The number of carbonyl (C=O) groups excluding carboxylic acids is 2. The lowest BCUT2D eigenvalue weighted by atomic mass is 9.87. The fourth-order valence-corrected chi connectivity index (χ4v) is 2.85. The second kappa shape index (κ2) is 5.63. The van der Waals surface area contributed by atoms with E-state index in [0.717, 1.165) is 18.9 Å². The zero-order chi connectivity index (χ0) is 12.3. The molecule has 2 rings (SSSR count). The molecule has 0 spiro atoms. The predicted molar refractivity (Wildman–Crippen MR) is 65.4 cm³/mol. The summed E-state index contributed by atoms with van der Waals surface area (Å²) in [4.78, 5) is 24.2. The van der Waals surface area contributed by atoms with Crippen LogP contribution in [0, 0.1) is 5.92 Å². The van der Waals surface area contributed by atoms with Gasteiger partial charge in [-0.05, 0) is 18.9 Å². The van der Waals surface area contributed by atoms with Crippen molar-refractivity contribution >= 4 is 11.8 Å². The van der Waals surface area contributed by atoms with Crippen LogP contribution in [0.15, 0.2) is 0 Å². The number of likely N-dealkylation sites (tertiary alicyclic amines) is 1. The number of hydrogen-bond acceptors (Lipinski definition) is 3. The molecule has 0 radical (unpaired) electrons. The molecular weight excluding hydrogens is 216 g/mol. The molecule has 1 saturated heterocycles. The van der Waals surface area contributed by atoms with E-state index in [0.29, 0.717) is 6.42 Å². The molecule has 1 heterocycles. The first-order valence-corrected chi connectivity index (χ1v) is 6.72. The highest BCUT2D eigenvalue weighted by Crippen LogP contribution is 2.25. The molecule has 17 heavy (non-hydrogen) atoms. The molecule has 0 aromatic heterocycles. The molecule has 4 heteroatoms. The number of likely N-dealkylation sites (N-methyl/N-ethyl adjacent to an activating group) is 1. The van der Waals surface area contributed by atoms with E-state index >= 15 is 0 Å². The molecule has 2 amide bonds. The Balaban J connectivity index is 1.68. The molecule has 2 aliphatic rings. The Hall–Kier alpha value is -0.900. The summed E-state index contributed by atoms with van der Waals surface area (Å²) in [5.41, 5.74) is 0. The van der Waals surface area contributed by atoms with E-state index in [1.54, 1.807) is 7.05 Å². The first-order chi connectivity index (χ1) is 8.18. The normalized spacial score (nSPS) is 26.9. The maximum atomic E-state index is 11.6. The van der Waals surface area contributed by atoms with Gasteiger partial charge in [0.05, 0.1) is 12.5 Å². The lowest BCUT2D eigenvalue weighted by Gasteiger charge is -2.22. The van der Waals surface area contributed by atoms with Crippen LogP contribution in [-0.2, 0) is 9.59 Å². The van der Waals surface area contributed by atoms with Gasteiger partial charge in [-0.15, -0.1) is 0 Å². The highest BCUT2D eigenvalue weighted by molar-refractivity contribution is 6.05. The fraction of sp³-hybridized carbons (Fsp3) is 0.846. The van der Waals surface area contributed by atoms with Crippen LogP contribution in [0.1, 0.15) is 44.9 Å². The number of carbonyl (C=O) groups is 2. The second-order valence-electron chi connectivity index (χ2n) is 5.29. The lowest BCUT2D eigenvalue weighted by molar-refractivity contribution is -0.137. The molecule has 96 valence electrons. The van der Waals surface area contributed by atoms with Crippen LogP contribution in [0.25, 0.3) is 0 Å². The van der Waals surface area contributed by atoms with Crippen LogP contribution >= 0.6 is 0 Å². The fourth-order valence-electron chi connectivity index (χ4n) is 2.85. The van der Waals surface area contributed by atoms with Crippen molar-refractivity contribution in [3.63, 3.8) is 0 Å². The van der Waals surface area contributed by atoms with E-state index in [1.165, 1.54) is 37.0 Å². The van der Waals surface area contributed by atoms with Crippen molar-refractivity contribution in [1.82, 2.24) is 10.2 Å². The Morgan fingerprint density at radius 2 is 1.94 bits per heavy atom. The Morgan fingerprint density at radius 3 is 2.53 bits per heavy atom. The third kappa shape index (κ3) is 3.06. The number of rotatable bonds is 4. The maximum Gasteiger partial charge on any atom is 0.246 e. The van der Waals surface area contributed by atoms with Crippen molar-refractivity contribution in [1.29, 1.82) is 0 Å². The van der Waals surface area contributed by atoms with E-state index in [4.69, 9.17) is 0 Å².